The second kappa shape index (κ2) is 6.38. The Morgan fingerprint density at radius 2 is 1.71 bits per heavy atom. The van der Waals surface area contributed by atoms with E-state index >= 15 is 0 Å². The van der Waals surface area contributed by atoms with Crippen molar-refractivity contribution in [3.05, 3.63) is 12.7 Å². The van der Waals surface area contributed by atoms with Crippen LogP contribution in [0.1, 0.15) is 27.0 Å². The number of hydrogen-bond acceptors (Lipinski definition) is 11. The highest BCUT2D eigenvalue weighted by molar-refractivity contribution is 6.00. The van der Waals surface area contributed by atoms with Crippen molar-refractivity contribution in [3.63, 3.8) is 0 Å². The first-order chi connectivity index (χ1) is 13.0. The number of aliphatic hydroxyl groups excluding tert-OH is 1. The number of carbonyl (C=O) groups excluding carboxylic acids is 3. The number of rotatable bonds is 5. The van der Waals surface area contributed by atoms with Crippen LogP contribution >= 0.6 is 0 Å². The third-order valence-electron chi connectivity index (χ3n) is 4.99. The lowest BCUT2D eigenvalue weighted by atomic mass is 9.73. The Hall–Kier alpha value is -2.80. The van der Waals surface area contributed by atoms with Crippen LogP contribution in [-0.2, 0) is 19.1 Å². The van der Waals surface area contributed by atoms with Crippen molar-refractivity contribution < 1.29 is 39.5 Å². The first-order valence-corrected chi connectivity index (χ1v) is 8.15. The average molecular weight is 394 g/mol. The molecule has 28 heavy (non-hydrogen) atoms. The molecule has 0 amide bonds. The molecular formula is C16H18N4O8. The SMILES string of the molecule is CC(=O)C(O)[C@H]1O[C@@H](n2cnc3c(O)ncnc32)[C@@](O)(C(C)=O)[C@@]1(O)C(C)=O. The van der Waals surface area contributed by atoms with Gasteiger partial charge < -0.3 is 25.2 Å². The summed E-state index contributed by atoms with van der Waals surface area (Å²) in [6.07, 6.45) is -3.73. The summed E-state index contributed by atoms with van der Waals surface area (Å²) in [6, 6.07) is 0. The van der Waals surface area contributed by atoms with E-state index in [1.807, 2.05) is 0 Å². The summed E-state index contributed by atoms with van der Waals surface area (Å²) in [5.74, 6) is -3.50. The molecule has 0 aromatic carbocycles. The second-order valence-electron chi connectivity index (χ2n) is 6.63. The van der Waals surface area contributed by atoms with Gasteiger partial charge in [0, 0.05) is 0 Å². The first kappa shape index (κ1) is 19.9. The number of nitrogens with zero attached hydrogens (tertiary/aromatic N) is 4. The molecule has 0 radical (unpaired) electrons. The molecule has 12 nitrogen and oxygen atoms in total. The van der Waals surface area contributed by atoms with Crippen LogP contribution in [0.2, 0.25) is 0 Å². The Balaban J connectivity index is 2.28. The minimum Gasteiger partial charge on any atom is -0.492 e. The molecule has 2 aromatic rings. The van der Waals surface area contributed by atoms with Crippen LogP contribution in [0.25, 0.3) is 11.2 Å². The van der Waals surface area contributed by atoms with Crippen LogP contribution < -0.4 is 0 Å². The van der Waals surface area contributed by atoms with E-state index in [9.17, 15) is 34.8 Å². The zero-order chi connectivity index (χ0) is 21.0. The van der Waals surface area contributed by atoms with Gasteiger partial charge in [0.15, 0.2) is 40.3 Å². The first-order valence-electron chi connectivity index (χ1n) is 8.15. The molecule has 150 valence electrons. The lowest BCUT2D eigenvalue weighted by molar-refractivity contribution is -0.184. The second-order valence-corrected chi connectivity index (χ2v) is 6.63. The van der Waals surface area contributed by atoms with Crippen molar-refractivity contribution in [2.24, 2.45) is 0 Å². The Bertz CT molecular complexity index is 990. The monoisotopic (exact) mass is 394 g/mol. The fraction of sp³-hybridized carbons (Fsp3) is 0.500. The summed E-state index contributed by atoms with van der Waals surface area (Å²) in [5, 5.41) is 42.2. The Morgan fingerprint density at radius 3 is 2.25 bits per heavy atom. The van der Waals surface area contributed by atoms with Gasteiger partial charge in [-0.05, 0) is 20.8 Å². The van der Waals surface area contributed by atoms with E-state index in [4.69, 9.17) is 4.74 Å². The molecule has 1 saturated heterocycles. The number of carbonyl (C=O) groups is 3. The summed E-state index contributed by atoms with van der Waals surface area (Å²) >= 11 is 0. The molecule has 1 unspecified atom stereocenters. The largest absolute Gasteiger partial charge is 0.492 e. The fourth-order valence-corrected chi connectivity index (χ4v) is 3.45. The lowest BCUT2D eigenvalue weighted by Gasteiger charge is -2.37. The minimum absolute atomic E-state index is 0.0824. The van der Waals surface area contributed by atoms with E-state index in [2.05, 4.69) is 15.0 Å². The molecule has 3 heterocycles. The maximum atomic E-state index is 12.4. The molecule has 0 spiro atoms. The van der Waals surface area contributed by atoms with Crippen molar-refractivity contribution in [3.8, 4) is 5.88 Å². The predicted octanol–water partition coefficient (Wildman–Crippen LogP) is -1.98. The Morgan fingerprint density at radius 1 is 1.11 bits per heavy atom. The van der Waals surface area contributed by atoms with Crippen LogP contribution in [0.4, 0.5) is 0 Å². The number of Topliss-reactive ketones (excluding diaryl/α,β-unsaturated/α-hetero) is 3. The molecule has 12 heteroatoms. The van der Waals surface area contributed by atoms with E-state index in [0.717, 1.165) is 38.0 Å². The summed E-state index contributed by atoms with van der Waals surface area (Å²) in [6.45, 7) is 2.80. The topological polar surface area (TPSA) is 185 Å². The highest BCUT2D eigenvalue weighted by atomic mass is 16.6. The summed E-state index contributed by atoms with van der Waals surface area (Å²) in [7, 11) is 0. The van der Waals surface area contributed by atoms with Crippen molar-refractivity contribution in [2.45, 2.75) is 50.4 Å². The van der Waals surface area contributed by atoms with Crippen LogP contribution in [0.15, 0.2) is 12.7 Å². The quantitative estimate of drug-likeness (QED) is 0.440. The fourth-order valence-electron chi connectivity index (χ4n) is 3.45. The van der Waals surface area contributed by atoms with E-state index in [-0.39, 0.29) is 11.2 Å². The van der Waals surface area contributed by atoms with Crippen LogP contribution in [0.3, 0.4) is 0 Å². The van der Waals surface area contributed by atoms with Crippen molar-refractivity contribution >= 4 is 28.5 Å². The molecule has 0 aliphatic carbocycles. The molecule has 1 aliphatic rings. The highest BCUT2D eigenvalue weighted by Crippen LogP contribution is 2.48. The van der Waals surface area contributed by atoms with Gasteiger partial charge in [-0.1, -0.05) is 0 Å². The van der Waals surface area contributed by atoms with E-state index in [0.29, 0.717) is 0 Å². The third-order valence-corrected chi connectivity index (χ3v) is 4.99. The lowest BCUT2D eigenvalue weighted by Crippen LogP contribution is -2.67. The number of aliphatic hydroxyl groups is 3. The van der Waals surface area contributed by atoms with Gasteiger partial charge in [-0.2, -0.15) is 4.98 Å². The average Bonchev–Trinajstić information content (AvgIpc) is 3.14. The molecule has 3 rings (SSSR count). The predicted molar refractivity (Wildman–Crippen MR) is 88.8 cm³/mol. The number of ether oxygens (including phenoxy) is 1. The maximum Gasteiger partial charge on any atom is 0.242 e. The Labute approximate surface area is 157 Å². The molecule has 5 atom stereocenters. The number of ketones is 3. The standard InChI is InChI=1S/C16H18N4O8/c1-6(21)10(24)11-15(26,7(2)22)16(27,8(3)23)14(28-11)20-5-19-9-12(20)17-4-18-13(9)25/h4-5,10-11,14,24,26-27H,1-3H3,(H,17,18,25)/t10?,11-,14-,15-,16+/m1/s1. The molecule has 1 fully saturated rings. The smallest absolute Gasteiger partial charge is 0.242 e. The number of hydrogen-bond donors (Lipinski definition) is 4. The molecule has 4 N–H and O–H groups in total. The van der Waals surface area contributed by atoms with E-state index < -0.39 is 52.9 Å². The van der Waals surface area contributed by atoms with Gasteiger partial charge in [0.25, 0.3) is 0 Å². The summed E-state index contributed by atoms with van der Waals surface area (Å²) < 4.78 is 6.50. The van der Waals surface area contributed by atoms with E-state index in [1.165, 1.54) is 0 Å². The van der Waals surface area contributed by atoms with Crippen molar-refractivity contribution in [1.82, 2.24) is 19.5 Å². The van der Waals surface area contributed by atoms with Gasteiger partial charge in [-0.25, -0.2) is 9.97 Å². The van der Waals surface area contributed by atoms with Crippen LogP contribution in [0.5, 0.6) is 5.88 Å². The molecule has 0 saturated carbocycles. The van der Waals surface area contributed by atoms with Crippen LogP contribution in [-0.4, -0.2) is 80.7 Å². The number of aromatic hydroxyl groups is 1. The maximum absolute atomic E-state index is 12.4. The summed E-state index contributed by atoms with van der Waals surface area (Å²) in [5.41, 5.74) is -6.02. The summed E-state index contributed by atoms with van der Waals surface area (Å²) in [4.78, 5) is 47.7. The van der Waals surface area contributed by atoms with Gasteiger partial charge in [0.05, 0.1) is 6.33 Å². The third kappa shape index (κ3) is 2.39. The van der Waals surface area contributed by atoms with E-state index in [1.54, 1.807) is 0 Å². The van der Waals surface area contributed by atoms with Crippen molar-refractivity contribution in [2.75, 3.05) is 0 Å². The minimum atomic E-state index is -2.94. The number of imidazole rings is 1. The van der Waals surface area contributed by atoms with Crippen LogP contribution in [0, 0.1) is 0 Å². The van der Waals surface area contributed by atoms with Gasteiger partial charge in [-0.15, -0.1) is 0 Å². The Kier molecular flexibility index (Phi) is 4.54. The number of aromatic nitrogens is 4. The molecule has 1 aliphatic heterocycles. The van der Waals surface area contributed by atoms with Gasteiger partial charge in [-0.3, -0.25) is 19.0 Å². The molecular weight excluding hydrogens is 376 g/mol. The highest BCUT2D eigenvalue weighted by Gasteiger charge is 2.73. The van der Waals surface area contributed by atoms with Gasteiger partial charge in [0.1, 0.15) is 18.5 Å². The van der Waals surface area contributed by atoms with Gasteiger partial charge in [0.2, 0.25) is 11.5 Å². The van der Waals surface area contributed by atoms with Crippen molar-refractivity contribution in [1.29, 1.82) is 0 Å². The van der Waals surface area contributed by atoms with Gasteiger partial charge >= 0.3 is 0 Å². The molecule has 2 aromatic heterocycles. The number of fused-ring (bicyclic) bond motifs is 1. The zero-order valence-corrected chi connectivity index (χ0v) is 15.1. The normalized spacial score (nSPS) is 31.1. The zero-order valence-electron chi connectivity index (χ0n) is 15.1. The molecule has 0 bridgehead atoms.